The maximum Gasteiger partial charge on any atom is 0.435 e. The smallest absolute Gasteiger partial charge is 0.435 e. The van der Waals surface area contributed by atoms with Crippen molar-refractivity contribution in [1.29, 1.82) is 0 Å². The van der Waals surface area contributed by atoms with E-state index in [0.29, 0.717) is 23.4 Å². The second kappa shape index (κ2) is 9.77. The number of hydrogen-bond donors (Lipinski definition) is 0. The van der Waals surface area contributed by atoms with E-state index in [9.17, 15) is 18.0 Å². The predicted molar refractivity (Wildman–Crippen MR) is 122 cm³/mol. The molecule has 1 aliphatic carbocycles. The molecule has 1 aromatic heterocycles. The fourth-order valence-corrected chi connectivity index (χ4v) is 3.79. The van der Waals surface area contributed by atoms with Crippen molar-refractivity contribution in [3.05, 3.63) is 89.8 Å². The van der Waals surface area contributed by atoms with Crippen molar-refractivity contribution < 1.29 is 27.4 Å². The zero-order chi connectivity index (χ0) is 24.3. The van der Waals surface area contributed by atoms with Gasteiger partial charge in [-0.15, -0.1) is 11.6 Å². The van der Waals surface area contributed by atoms with Gasteiger partial charge in [-0.2, -0.15) is 18.3 Å². The van der Waals surface area contributed by atoms with Gasteiger partial charge in [-0.05, 0) is 54.0 Å². The van der Waals surface area contributed by atoms with Crippen LogP contribution in [-0.2, 0) is 17.5 Å². The molecule has 1 aliphatic rings. The van der Waals surface area contributed by atoms with Gasteiger partial charge in [-0.3, -0.25) is 0 Å². The average Bonchev–Trinajstić information content (AvgIpc) is 3.27. The van der Waals surface area contributed by atoms with Gasteiger partial charge in [-0.25, -0.2) is 9.48 Å². The zero-order valence-corrected chi connectivity index (χ0v) is 18.8. The maximum absolute atomic E-state index is 13.3. The van der Waals surface area contributed by atoms with Crippen molar-refractivity contribution in [2.75, 3.05) is 7.11 Å². The van der Waals surface area contributed by atoms with Crippen LogP contribution in [0.2, 0.25) is 0 Å². The summed E-state index contributed by atoms with van der Waals surface area (Å²) < 4.78 is 51.6. The van der Waals surface area contributed by atoms with Gasteiger partial charge in [0.2, 0.25) is 0 Å². The van der Waals surface area contributed by atoms with E-state index in [1.165, 1.54) is 11.8 Å². The first-order valence-electron chi connectivity index (χ1n) is 10.3. The summed E-state index contributed by atoms with van der Waals surface area (Å²) >= 11 is 6.31. The summed E-state index contributed by atoms with van der Waals surface area (Å²) in [5.41, 5.74) is 1.76. The minimum atomic E-state index is -4.59. The molecule has 2 aromatic carbocycles. The number of alkyl halides is 4. The van der Waals surface area contributed by atoms with Crippen LogP contribution in [0.3, 0.4) is 0 Å². The molecule has 34 heavy (non-hydrogen) atoms. The topological polar surface area (TPSA) is 53.4 Å². The minimum absolute atomic E-state index is 0.134. The van der Waals surface area contributed by atoms with Crippen LogP contribution in [0, 0.1) is 0 Å². The highest BCUT2D eigenvalue weighted by Crippen LogP contribution is 2.32. The van der Waals surface area contributed by atoms with Gasteiger partial charge < -0.3 is 9.47 Å². The molecule has 4 rings (SSSR count). The zero-order valence-electron chi connectivity index (χ0n) is 18.1. The molecule has 5 nitrogen and oxygen atoms in total. The Labute approximate surface area is 199 Å². The number of hydrogen-bond acceptors (Lipinski definition) is 4. The Morgan fingerprint density at radius 3 is 2.59 bits per heavy atom. The molecule has 9 heteroatoms. The normalized spacial score (nSPS) is 15.7. The molecule has 1 heterocycles. The van der Waals surface area contributed by atoms with Gasteiger partial charge in [0.05, 0.1) is 29.4 Å². The van der Waals surface area contributed by atoms with E-state index in [2.05, 4.69) is 5.10 Å². The molecule has 1 unspecified atom stereocenters. The summed E-state index contributed by atoms with van der Waals surface area (Å²) in [5, 5.41) is 3.24. The lowest BCUT2D eigenvalue weighted by Gasteiger charge is -2.18. The number of ether oxygens (including phenoxy) is 2. The lowest BCUT2D eigenvalue weighted by Crippen LogP contribution is -2.16. The van der Waals surface area contributed by atoms with Crippen LogP contribution in [0.5, 0.6) is 5.75 Å². The highest BCUT2D eigenvalue weighted by molar-refractivity contribution is 6.25. The summed E-state index contributed by atoms with van der Waals surface area (Å²) in [6.07, 6.45) is 1.13. The lowest BCUT2D eigenvalue weighted by atomic mass is 10.0. The third-order valence-corrected chi connectivity index (χ3v) is 5.64. The molecule has 0 N–H and O–H groups in total. The molecule has 0 saturated heterocycles. The first-order valence-corrected chi connectivity index (χ1v) is 10.8. The SMILES string of the molecule is COC(=O)c1cccc(-c2ccc(OCc3cc(C(F)(F)F)nn3C3=CC=CCC3Cl)cc2)c1. The van der Waals surface area contributed by atoms with Crippen molar-refractivity contribution in [1.82, 2.24) is 9.78 Å². The maximum atomic E-state index is 13.3. The average molecular weight is 489 g/mol. The summed E-state index contributed by atoms with van der Waals surface area (Å²) in [5.74, 6) is 0.0357. The van der Waals surface area contributed by atoms with E-state index in [-0.39, 0.29) is 12.3 Å². The summed E-state index contributed by atoms with van der Waals surface area (Å²) in [7, 11) is 1.32. The predicted octanol–water partition coefficient (Wildman–Crippen LogP) is 6.34. The van der Waals surface area contributed by atoms with Crippen molar-refractivity contribution >= 4 is 23.3 Å². The van der Waals surface area contributed by atoms with Gasteiger partial charge >= 0.3 is 12.1 Å². The van der Waals surface area contributed by atoms with E-state index in [0.717, 1.165) is 17.2 Å². The van der Waals surface area contributed by atoms with Gasteiger partial charge in [0.1, 0.15) is 12.4 Å². The standard InChI is InChI=1S/C25H20ClF3N2O3/c1-33-24(32)18-6-4-5-17(13-18)16-9-11-20(12-10-16)34-15-19-14-23(25(27,28)29)30-31(19)22-8-3-2-7-21(22)26/h2-6,8-14,21H,7,15H2,1H3. The van der Waals surface area contributed by atoms with Gasteiger partial charge in [0.25, 0.3) is 0 Å². The number of benzene rings is 2. The number of methoxy groups -OCH3 is 1. The molecule has 3 aromatic rings. The van der Waals surface area contributed by atoms with E-state index in [4.69, 9.17) is 21.1 Å². The van der Waals surface area contributed by atoms with Crippen molar-refractivity contribution in [3.63, 3.8) is 0 Å². The second-order valence-corrected chi connectivity index (χ2v) is 8.07. The first-order chi connectivity index (χ1) is 16.3. The number of carbonyl (C=O) groups is 1. The van der Waals surface area contributed by atoms with Crippen LogP contribution in [-0.4, -0.2) is 28.2 Å². The molecular formula is C25H20ClF3N2O3. The molecule has 0 spiro atoms. The Hall–Kier alpha value is -3.52. The summed E-state index contributed by atoms with van der Waals surface area (Å²) in [6.45, 7) is -0.134. The third kappa shape index (κ3) is 5.17. The molecule has 0 radical (unpaired) electrons. The number of esters is 1. The fraction of sp³-hybridized carbons (Fsp3) is 0.200. The Morgan fingerprint density at radius 2 is 1.91 bits per heavy atom. The van der Waals surface area contributed by atoms with Crippen LogP contribution in [0.1, 0.15) is 28.2 Å². The molecule has 0 saturated carbocycles. The van der Waals surface area contributed by atoms with Crippen LogP contribution >= 0.6 is 11.6 Å². The number of nitrogens with zero attached hydrogens (tertiary/aromatic N) is 2. The highest BCUT2D eigenvalue weighted by atomic mass is 35.5. The van der Waals surface area contributed by atoms with Crippen LogP contribution < -0.4 is 4.74 Å². The number of rotatable bonds is 6. The van der Waals surface area contributed by atoms with Crippen LogP contribution in [0.15, 0.2) is 72.8 Å². The van der Waals surface area contributed by atoms with Gasteiger partial charge in [0, 0.05) is 0 Å². The lowest BCUT2D eigenvalue weighted by molar-refractivity contribution is -0.141. The Morgan fingerprint density at radius 1 is 1.15 bits per heavy atom. The number of allylic oxidation sites excluding steroid dienone is 4. The molecule has 0 fully saturated rings. The summed E-state index contributed by atoms with van der Waals surface area (Å²) in [4.78, 5) is 11.8. The van der Waals surface area contributed by atoms with E-state index in [1.807, 2.05) is 12.1 Å². The molecule has 1 atom stereocenters. The quantitative estimate of drug-likeness (QED) is 0.300. The van der Waals surface area contributed by atoms with E-state index in [1.54, 1.807) is 54.6 Å². The molecular weight excluding hydrogens is 469 g/mol. The number of halogens is 4. The highest BCUT2D eigenvalue weighted by Gasteiger charge is 2.36. The Kier molecular flexibility index (Phi) is 6.79. The second-order valence-electron chi connectivity index (χ2n) is 7.54. The molecule has 0 bridgehead atoms. The van der Waals surface area contributed by atoms with Crippen LogP contribution in [0.4, 0.5) is 13.2 Å². The largest absolute Gasteiger partial charge is 0.487 e. The molecule has 0 amide bonds. The summed E-state index contributed by atoms with van der Waals surface area (Å²) in [6, 6.07) is 15.0. The third-order valence-electron chi connectivity index (χ3n) is 5.24. The number of carbonyl (C=O) groups excluding carboxylic acids is 1. The Bertz CT molecular complexity index is 1250. The van der Waals surface area contributed by atoms with E-state index >= 15 is 0 Å². The Balaban J connectivity index is 1.54. The van der Waals surface area contributed by atoms with Crippen LogP contribution in [0.25, 0.3) is 16.8 Å². The van der Waals surface area contributed by atoms with Gasteiger partial charge in [0.15, 0.2) is 5.69 Å². The molecule has 0 aliphatic heterocycles. The fourth-order valence-electron chi connectivity index (χ4n) is 3.52. The monoisotopic (exact) mass is 488 g/mol. The van der Waals surface area contributed by atoms with Crippen molar-refractivity contribution in [2.45, 2.75) is 24.6 Å². The molecule has 176 valence electrons. The minimum Gasteiger partial charge on any atom is -0.487 e. The first kappa shape index (κ1) is 23.6. The van der Waals surface area contributed by atoms with Crippen molar-refractivity contribution in [2.24, 2.45) is 0 Å². The van der Waals surface area contributed by atoms with Crippen molar-refractivity contribution in [3.8, 4) is 16.9 Å². The van der Waals surface area contributed by atoms with Gasteiger partial charge in [-0.1, -0.05) is 36.4 Å². The number of aromatic nitrogens is 2. The van der Waals surface area contributed by atoms with E-state index < -0.39 is 23.2 Å².